The molecule has 1 aromatic carbocycles. The molecule has 1 heterocycles. The van der Waals surface area contributed by atoms with Gasteiger partial charge in [-0.1, -0.05) is 26.0 Å². The van der Waals surface area contributed by atoms with Gasteiger partial charge in [0.15, 0.2) is 5.78 Å². The van der Waals surface area contributed by atoms with Crippen LogP contribution in [-0.4, -0.2) is 41.5 Å². The molecule has 1 saturated heterocycles. The molecule has 0 spiro atoms. The summed E-state index contributed by atoms with van der Waals surface area (Å²) in [6, 6.07) is 6.91. The SMILES string of the molecule is CCC(=O)c1cccc(NC(=O)N2CCC(CC)(CO)CC2)c1. The van der Waals surface area contributed by atoms with Crippen molar-refractivity contribution in [3.8, 4) is 0 Å². The van der Waals surface area contributed by atoms with Gasteiger partial charge < -0.3 is 15.3 Å². The maximum Gasteiger partial charge on any atom is 0.321 e. The fraction of sp³-hybridized carbons (Fsp3) is 0.556. The summed E-state index contributed by atoms with van der Waals surface area (Å²) >= 11 is 0. The third-order valence-electron chi connectivity index (χ3n) is 4.95. The smallest absolute Gasteiger partial charge is 0.321 e. The first-order chi connectivity index (χ1) is 11.0. The van der Waals surface area contributed by atoms with Crippen LogP contribution in [0.4, 0.5) is 10.5 Å². The summed E-state index contributed by atoms with van der Waals surface area (Å²) < 4.78 is 0. The van der Waals surface area contributed by atoms with Crippen molar-refractivity contribution in [2.45, 2.75) is 39.5 Å². The van der Waals surface area contributed by atoms with E-state index < -0.39 is 0 Å². The molecule has 1 fully saturated rings. The van der Waals surface area contributed by atoms with E-state index in [0.717, 1.165) is 19.3 Å². The van der Waals surface area contributed by atoms with E-state index in [2.05, 4.69) is 12.2 Å². The molecule has 0 aliphatic carbocycles. The van der Waals surface area contributed by atoms with Crippen molar-refractivity contribution in [1.29, 1.82) is 0 Å². The minimum Gasteiger partial charge on any atom is -0.396 e. The Kier molecular flexibility index (Phi) is 5.77. The van der Waals surface area contributed by atoms with Crippen LogP contribution in [0.2, 0.25) is 0 Å². The summed E-state index contributed by atoms with van der Waals surface area (Å²) in [4.78, 5) is 25.9. The maximum atomic E-state index is 12.4. The van der Waals surface area contributed by atoms with Gasteiger partial charge in [-0.05, 0) is 36.8 Å². The second-order valence-corrected chi connectivity index (χ2v) is 6.29. The lowest BCUT2D eigenvalue weighted by molar-refractivity contribution is 0.0542. The number of hydrogen-bond acceptors (Lipinski definition) is 3. The first kappa shape index (κ1) is 17.5. The summed E-state index contributed by atoms with van der Waals surface area (Å²) in [7, 11) is 0. The van der Waals surface area contributed by atoms with Crippen molar-refractivity contribution in [2.75, 3.05) is 25.0 Å². The maximum absolute atomic E-state index is 12.4. The lowest BCUT2D eigenvalue weighted by atomic mass is 9.77. The second-order valence-electron chi connectivity index (χ2n) is 6.29. The average molecular weight is 318 g/mol. The highest BCUT2D eigenvalue weighted by molar-refractivity contribution is 5.98. The van der Waals surface area contributed by atoms with Crippen LogP contribution in [0, 0.1) is 5.41 Å². The van der Waals surface area contributed by atoms with Gasteiger partial charge in [0, 0.05) is 37.4 Å². The monoisotopic (exact) mass is 318 g/mol. The predicted octanol–water partition coefficient (Wildman–Crippen LogP) is 3.30. The molecule has 0 bridgehead atoms. The minimum atomic E-state index is -0.145. The van der Waals surface area contributed by atoms with Crippen LogP contribution in [0.25, 0.3) is 0 Å². The lowest BCUT2D eigenvalue weighted by Gasteiger charge is -2.40. The van der Waals surface area contributed by atoms with Crippen molar-refractivity contribution < 1.29 is 14.7 Å². The summed E-state index contributed by atoms with van der Waals surface area (Å²) in [6.07, 6.45) is 3.02. The van der Waals surface area contributed by atoms with Crippen LogP contribution < -0.4 is 5.32 Å². The number of ketones is 1. The number of aliphatic hydroxyl groups is 1. The van der Waals surface area contributed by atoms with Gasteiger partial charge in [0.05, 0.1) is 0 Å². The fourth-order valence-corrected chi connectivity index (χ4v) is 2.98. The Morgan fingerprint density at radius 2 is 1.96 bits per heavy atom. The molecule has 5 heteroatoms. The Bertz CT molecular complexity index is 557. The van der Waals surface area contributed by atoms with Crippen molar-refractivity contribution in [2.24, 2.45) is 5.41 Å². The van der Waals surface area contributed by atoms with E-state index in [-0.39, 0.29) is 23.8 Å². The van der Waals surface area contributed by atoms with Crippen molar-refractivity contribution in [3.05, 3.63) is 29.8 Å². The topological polar surface area (TPSA) is 69.6 Å². The number of piperidine rings is 1. The molecule has 0 aromatic heterocycles. The molecule has 2 rings (SSSR count). The molecule has 0 saturated carbocycles. The standard InChI is InChI=1S/C18H26N2O3/c1-3-16(22)14-6-5-7-15(12-14)19-17(23)20-10-8-18(4-2,13-21)9-11-20/h5-7,12,21H,3-4,8-11,13H2,1-2H3,(H,19,23). The van der Waals surface area contributed by atoms with E-state index in [9.17, 15) is 14.7 Å². The van der Waals surface area contributed by atoms with Gasteiger partial charge >= 0.3 is 6.03 Å². The van der Waals surface area contributed by atoms with E-state index in [1.807, 2.05) is 6.92 Å². The fourth-order valence-electron chi connectivity index (χ4n) is 2.98. The first-order valence-corrected chi connectivity index (χ1v) is 8.33. The Morgan fingerprint density at radius 1 is 1.26 bits per heavy atom. The number of Topliss-reactive ketones (excluding diaryl/α,β-unsaturated/α-hetero) is 1. The number of anilines is 1. The second kappa shape index (κ2) is 7.59. The van der Waals surface area contributed by atoms with Gasteiger partial charge in [0.1, 0.15) is 0 Å². The number of likely N-dealkylation sites (tertiary alicyclic amines) is 1. The van der Waals surface area contributed by atoms with E-state index >= 15 is 0 Å². The van der Waals surface area contributed by atoms with Gasteiger partial charge in [-0.2, -0.15) is 0 Å². The Hall–Kier alpha value is -1.88. The Morgan fingerprint density at radius 3 is 2.52 bits per heavy atom. The molecular formula is C18H26N2O3. The number of nitrogens with one attached hydrogen (secondary N) is 1. The highest BCUT2D eigenvalue weighted by atomic mass is 16.3. The number of carbonyl (C=O) groups excluding carboxylic acids is 2. The quantitative estimate of drug-likeness (QED) is 0.818. The molecule has 0 radical (unpaired) electrons. The van der Waals surface area contributed by atoms with E-state index in [1.165, 1.54) is 0 Å². The molecule has 1 aliphatic rings. The highest BCUT2D eigenvalue weighted by Gasteiger charge is 2.33. The number of urea groups is 1. The zero-order chi connectivity index (χ0) is 16.9. The number of benzene rings is 1. The van der Waals surface area contributed by atoms with Gasteiger partial charge in [-0.15, -0.1) is 0 Å². The summed E-state index contributed by atoms with van der Waals surface area (Å²) in [5.41, 5.74) is 1.22. The lowest BCUT2D eigenvalue weighted by Crippen LogP contribution is -2.46. The molecule has 0 unspecified atom stereocenters. The van der Waals surface area contributed by atoms with Gasteiger partial charge in [0.2, 0.25) is 0 Å². The molecule has 0 atom stereocenters. The third-order valence-corrected chi connectivity index (χ3v) is 4.95. The zero-order valence-corrected chi connectivity index (χ0v) is 14.0. The average Bonchev–Trinajstić information content (AvgIpc) is 2.61. The van der Waals surface area contributed by atoms with E-state index in [1.54, 1.807) is 29.2 Å². The van der Waals surface area contributed by atoms with Gasteiger partial charge in [-0.3, -0.25) is 4.79 Å². The summed E-state index contributed by atoms with van der Waals surface area (Å²) in [5.74, 6) is 0.0646. The van der Waals surface area contributed by atoms with Crippen molar-refractivity contribution >= 4 is 17.5 Å². The largest absolute Gasteiger partial charge is 0.396 e. The van der Waals surface area contributed by atoms with Gasteiger partial charge in [0.25, 0.3) is 0 Å². The molecule has 23 heavy (non-hydrogen) atoms. The molecule has 1 aliphatic heterocycles. The van der Waals surface area contributed by atoms with Crippen LogP contribution in [-0.2, 0) is 0 Å². The van der Waals surface area contributed by atoms with Gasteiger partial charge in [-0.25, -0.2) is 4.79 Å². The molecular weight excluding hydrogens is 292 g/mol. The number of nitrogens with zero attached hydrogens (tertiary/aromatic N) is 1. The normalized spacial score (nSPS) is 16.9. The van der Waals surface area contributed by atoms with Crippen LogP contribution in [0.1, 0.15) is 49.9 Å². The molecule has 5 nitrogen and oxygen atoms in total. The molecule has 126 valence electrons. The van der Waals surface area contributed by atoms with Crippen molar-refractivity contribution in [1.82, 2.24) is 4.90 Å². The van der Waals surface area contributed by atoms with E-state index in [0.29, 0.717) is 30.8 Å². The molecule has 2 amide bonds. The number of amides is 2. The predicted molar refractivity (Wildman–Crippen MR) is 90.7 cm³/mol. The summed E-state index contributed by atoms with van der Waals surface area (Å²) in [5, 5.41) is 12.4. The number of aliphatic hydroxyl groups excluding tert-OH is 1. The van der Waals surface area contributed by atoms with Crippen LogP contribution in [0.3, 0.4) is 0 Å². The first-order valence-electron chi connectivity index (χ1n) is 8.33. The molecule has 1 aromatic rings. The highest BCUT2D eigenvalue weighted by Crippen LogP contribution is 2.34. The van der Waals surface area contributed by atoms with Crippen molar-refractivity contribution in [3.63, 3.8) is 0 Å². The Balaban J connectivity index is 1.97. The number of rotatable bonds is 5. The van der Waals surface area contributed by atoms with E-state index in [4.69, 9.17) is 0 Å². The van der Waals surface area contributed by atoms with Crippen LogP contribution >= 0.6 is 0 Å². The zero-order valence-electron chi connectivity index (χ0n) is 14.0. The summed E-state index contributed by atoms with van der Waals surface area (Å²) in [6.45, 7) is 5.38. The number of hydrogen-bond donors (Lipinski definition) is 2. The van der Waals surface area contributed by atoms with Crippen LogP contribution in [0.5, 0.6) is 0 Å². The van der Waals surface area contributed by atoms with Crippen LogP contribution in [0.15, 0.2) is 24.3 Å². The number of carbonyl (C=O) groups is 2. The Labute approximate surface area is 137 Å². The third kappa shape index (κ3) is 4.10. The minimum absolute atomic E-state index is 0.0375. The molecule has 2 N–H and O–H groups in total.